The first-order chi connectivity index (χ1) is 8.74. The zero-order valence-corrected chi connectivity index (χ0v) is 10.8. The summed E-state index contributed by atoms with van der Waals surface area (Å²) >= 11 is 0. The Morgan fingerprint density at radius 3 is 2.94 bits per heavy atom. The molecule has 0 radical (unpaired) electrons. The monoisotopic (exact) mass is 242 g/mol. The van der Waals surface area contributed by atoms with Crippen LogP contribution in [0.2, 0.25) is 0 Å². The van der Waals surface area contributed by atoms with E-state index >= 15 is 0 Å². The van der Waals surface area contributed by atoms with Crippen LogP contribution in [0.15, 0.2) is 24.5 Å². The highest BCUT2D eigenvalue weighted by Gasteiger charge is 2.21. The van der Waals surface area contributed by atoms with Crippen LogP contribution in [-0.4, -0.2) is 21.2 Å². The third-order valence-corrected chi connectivity index (χ3v) is 3.25. The van der Waals surface area contributed by atoms with E-state index in [1.54, 1.807) is 0 Å². The molecule has 1 saturated carbocycles. The molecule has 0 aromatic carbocycles. The van der Waals surface area contributed by atoms with E-state index in [0.717, 1.165) is 5.82 Å². The van der Waals surface area contributed by atoms with Crippen molar-refractivity contribution >= 4 is 5.82 Å². The highest BCUT2D eigenvalue weighted by molar-refractivity contribution is 5.68. The van der Waals surface area contributed by atoms with E-state index in [0.29, 0.717) is 12.0 Å². The van der Waals surface area contributed by atoms with Crippen LogP contribution in [0.1, 0.15) is 38.3 Å². The third-order valence-electron chi connectivity index (χ3n) is 3.25. The van der Waals surface area contributed by atoms with Gasteiger partial charge in [0.1, 0.15) is 5.82 Å². The predicted octanol–water partition coefficient (Wildman–Crippen LogP) is 3.17. The first-order valence-corrected chi connectivity index (χ1v) is 6.50. The summed E-state index contributed by atoms with van der Waals surface area (Å²) in [6, 6.07) is 4.77. The number of aromatic nitrogens is 3. The van der Waals surface area contributed by atoms with E-state index in [1.165, 1.54) is 29.7 Å². The number of rotatable bonds is 4. The van der Waals surface area contributed by atoms with Crippen LogP contribution in [0.3, 0.4) is 0 Å². The van der Waals surface area contributed by atoms with Gasteiger partial charge >= 0.3 is 0 Å². The Kier molecular flexibility index (Phi) is 2.78. The minimum atomic E-state index is 0.440. The molecule has 2 N–H and O–H groups in total. The van der Waals surface area contributed by atoms with Gasteiger partial charge in [0.05, 0.1) is 6.20 Å². The second-order valence-electron chi connectivity index (χ2n) is 5.20. The molecular weight excluding hydrogens is 224 g/mol. The number of hydrogen-bond acceptors (Lipinski definition) is 3. The maximum atomic E-state index is 4.36. The van der Waals surface area contributed by atoms with Crippen molar-refractivity contribution in [2.75, 3.05) is 5.32 Å². The van der Waals surface area contributed by atoms with Crippen molar-refractivity contribution in [3.63, 3.8) is 0 Å². The van der Waals surface area contributed by atoms with Crippen molar-refractivity contribution in [3.05, 3.63) is 30.2 Å². The molecule has 0 spiro atoms. The van der Waals surface area contributed by atoms with Gasteiger partial charge in [-0.15, -0.1) is 0 Å². The number of hydrogen-bond donors (Lipinski definition) is 2. The van der Waals surface area contributed by atoms with Gasteiger partial charge in [0.15, 0.2) is 0 Å². The minimum Gasteiger partial charge on any atom is -0.367 e. The molecule has 0 unspecified atom stereocenters. The zero-order valence-electron chi connectivity index (χ0n) is 10.8. The number of H-pyrrole nitrogens is 1. The van der Waals surface area contributed by atoms with E-state index in [-0.39, 0.29) is 0 Å². The average molecular weight is 242 g/mol. The largest absolute Gasteiger partial charge is 0.367 e. The van der Waals surface area contributed by atoms with E-state index in [4.69, 9.17) is 0 Å². The molecule has 1 aliphatic carbocycles. The summed E-state index contributed by atoms with van der Waals surface area (Å²) in [6.45, 7) is 4.34. The van der Waals surface area contributed by atoms with Gasteiger partial charge in [-0.3, -0.25) is 5.10 Å². The first-order valence-electron chi connectivity index (χ1n) is 6.50. The molecule has 0 saturated heterocycles. The summed E-state index contributed by atoms with van der Waals surface area (Å²) in [5.41, 5.74) is 3.52. The second-order valence-corrected chi connectivity index (χ2v) is 5.20. The molecule has 1 fully saturated rings. The summed E-state index contributed by atoms with van der Waals surface area (Å²) in [5.74, 6) is 1.40. The van der Waals surface area contributed by atoms with E-state index in [2.05, 4.69) is 40.4 Å². The SMILES string of the molecule is CC(C)c1[nH]ncc1-c1ccnc(NC2CC2)c1. The normalized spacial score (nSPS) is 15.1. The molecule has 0 aliphatic heterocycles. The number of aromatic amines is 1. The fraction of sp³-hybridized carbons (Fsp3) is 0.429. The lowest BCUT2D eigenvalue weighted by Crippen LogP contribution is -2.02. The van der Waals surface area contributed by atoms with Crippen LogP contribution >= 0.6 is 0 Å². The fourth-order valence-electron chi connectivity index (χ4n) is 2.08. The Labute approximate surface area is 107 Å². The lowest BCUT2D eigenvalue weighted by Gasteiger charge is -2.08. The number of nitrogens with one attached hydrogen (secondary N) is 2. The Balaban J connectivity index is 1.92. The summed E-state index contributed by atoms with van der Waals surface area (Å²) in [6.07, 6.45) is 6.27. The Morgan fingerprint density at radius 1 is 1.39 bits per heavy atom. The molecule has 3 rings (SSSR count). The zero-order chi connectivity index (χ0) is 12.5. The number of anilines is 1. The maximum Gasteiger partial charge on any atom is 0.126 e. The molecule has 0 atom stereocenters. The van der Waals surface area contributed by atoms with Crippen molar-refractivity contribution in [1.29, 1.82) is 0 Å². The lowest BCUT2D eigenvalue weighted by atomic mass is 10.0. The van der Waals surface area contributed by atoms with Crippen molar-refractivity contribution in [2.24, 2.45) is 0 Å². The highest BCUT2D eigenvalue weighted by Crippen LogP contribution is 2.29. The van der Waals surface area contributed by atoms with Crippen molar-refractivity contribution in [1.82, 2.24) is 15.2 Å². The van der Waals surface area contributed by atoms with Crippen molar-refractivity contribution in [3.8, 4) is 11.1 Å². The van der Waals surface area contributed by atoms with Gasteiger partial charge in [0.2, 0.25) is 0 Å². The highest BCUT2D eigenvalue weighted by atomic mass is 15.1. The van der Waals surface area contributed by atoms with Gasteiger partial charge in [-0.25, -0.2) is 4.98 Å². The smallest absolute Gasteiger partial charge is 0.126 e. The van der Waals surface area contributed by atoms with Gasteiger partial charge in [-0.1, -0.05) is 13.8 Å². The molecule has 2 aromatic rings. The summed E-state index contributed by atoms with van der Waals surface area (Å²) in [5, 5.41) is 10.7. The van der Waals surface area contributed by atoms with Crippen LogP contribution < -0.4 is 5.32 Å². The van der Waals surface area contributed by atoms with Gasteiger partial charge in [0.25, 0.3) is 0 Å². The van der Waals surface area contributed by atoms with Gasteiger partial charge in [-0.2, -0.15) is 5.10 Å². The lowest BCUT2D eigenvalue weighted by molar-refractivity contribution is 0.812. The Morgan fingerprint density at radius 2 is 2.22 bits per heavy atom. The predicted molar refractivity (Wildman–Crippen MR) is 72.6 cm³/mol. The Bertz CT molecular complexity index is 540. The van der Waals surface area contributed by atoms with Crippen LogP contribution in [-0.2, 0) is 0 Å². The fourth-order valence-corrected chi connectivity index (χ4v) is 2.08. The molecule has 94 valence electrons. The maximum absolute atomic E-state index is 4.36. The van der Waals surface area contributed by atoms with Crippen molar-refractivity contribution in [2.45, 2.75) is 38.6 Å². The quantitative estimate of drug-likeness (QED) is 0.865. The molecule has 4 nitrogen and oxygen atoms in total. The van der Waals surface area contributed by atoms with Crippen LogP contribution in [0.5, 0.6) is 0 Å². The number of pyridine rings is 1. The second kappa shape index (κ2) is 4.44. The molecule has 1 aliphatic rings. The van der Waals surface area contributed by atoms with Gasteiger partial charge in [-0.05, 0) is 36.5 Å². The molecular formula is C14H18N4. The molecule has 2 heterocycles. The minimum absolute atomic E-state index is 0.440. The van der Waals surface area contributed by atoms with Crippen LogP contribution in [0, 0.1) is 0 Å². The summed E-state index contributed by atoms with van der Waals surface area (Å²) < 4.78 is 0. The standard InChI is InChI=1S/C14H18N4/c1-9(2)14-12(8-16-18-14)10-5-6-15-13(7-10)17-11-3-4-11/h5-9,11H,3-4H2,1-2H3,(H,15,17)(H,16,18). The number of nitrogens with zero attached hydrogens (tertiary/aromatic N) is 2. The summed E-state index contributed by atoms with van der Waals surface area (Å²) in [7, 11) is 0. The Hall–Kier alpha value is -1.84. The molecule has 0 bridgehead atoms. The first kappa shape index (κ1) is 11.3. The summed E-state index contributed by atoms with van der Waals surface area (Å²) in [4.78, 5) is 4.36. The van der Waals surface area contributed by atoms with E-state index in [9.17, 15) is 0 Å². The van der Waals surface area contributed by atoms with E-state index in [1.807, 2.05) is 18.5 Å². The van der Waals surface area contributed by atoms with Gasteiger partial charge < -0.3 is 5.32 Å². The van der Waals surface area contributed by atoms with Crippen molar-refractivity contribution < 1.29 is 0 Å². The average Bonchev–Trinajstić information content (AvgIpc) is 3.03. The van der Waals surface area contributed by atoms with Crippen LogP contribution in [0.4, 0.5) is 5.82 Å². The molecule has 4 heteroatoms. The third kappa shape index (κ3) is 2.23. The van der Waals surface area contributed by atoms with Crippen LogP contribution in [0.25, 0.3) is 11.1 Å². The molecule has 2 aromatic heterocycles. The van der Waals surface area contributed by atoms with Gasteiger partial charge in [0, 0.05) is 23.5 Å². The molecule has 18 heavy (non-hydrogen) atoms. The molecule has 0 amide bonds. The topological polar surface area (TPSA) is 53.6 Å². The van der Waals surface area contributed by atoms with E-state index < -0.39 is 0 Å².